The molecule has 1 aromatic heterocycles. The Morgan fingerprint density at radius 2 is 2.20 bits per heavy atom. The minimum absolute atomic E-state index is 0.505. The van der Waals surface area contributed by atoms with Crippen LogP contribution in [-0.2, 0) is 6.42 Å². The molecule has 2 atom stereocenters. The molecule has 1 aromatic rings. The maximum atomic E-state index is 5.49. The van der Waals surface area contributed by atoms with E-state index in [1.54, 1.807) is 0 Å². The lowest BCUT2D eigenvalue weighted by Crippen LogP contribution is -2.35. The third-order valence-corrected chi connectivity index (χ3v) is 3.52. The quantitative estimate of drug-likeness (QED) is 0.822. The monoisotopic (exact) mass is 207 g/mol. The summed E-state index contributed by atoms with van der Waals surface area (Å²) in [6.07, 6.45) is 5.41. The molecule has 1 aliphatic rings. The SMILES string of the molecule is CC(C)[C@@H](C)N[C@H]1CCCc2occc21. The second-order valence-electron chi connectivity index (χ2n) is 4.94. The molecule has 0 aromatic carbocycles. The number of rotatable bonds is 3. The van der Waals surface area contributed by atoms with Crippen molar-refractivity contribution in [3.05, 3.63) is 23.7 Å². The van der Waals surface area contributed by atoms with Gasteiger partial charge >= 0.3 is 0 Å². The van der Waals surface area contributed by atoms with E-state index in [-0.39, 0.29) is 0 Å². The maximum absolute atomic E-state index is 5.49. The topological polar surface area (TPSA) is 25.2 Å². The predicted molar refractivity (Wildman–Crippen MR) is 61.8 cm³/mol. The van der Waals surface area contributed by atoms with Crippen LogP contribution in [0, 0.1) is 5.92 Å². The minimum atomic E-state index is 0.505. The molecule has 1 heterocycles. The lowest BCUT2D eigenvalue weighted by Gasteiger charge is -2.28. The van der Waals surface area contributed by atoms with Crippen molar-refractivity contribution in [3.63, 3.8) is 0 Å². The molecule has 1 aliphatic carbocycles. The number of aryl methyl sites for hydroxylation is 1. The summed E-state index contributed by atoms with van der Waals surface area (Å²) in [6.45, 7) is 6.78. The zero-order valence-corrected chi connectivity index (χ0v) is 9.92. The van der Waals surface area contributed by atoms with Gasteiger partial charge in [-0.05, 0) is 31.7 Å². The molecule has 15 heavy (non-hydrogen) atoms. The molecule has 2 nitrogen and oxygen atoms in total. The molecule has 2 rings (SSSR count). The van der Waals surface area contributed by atoms with Gasteiger partial charge in [0.2, 0.25) is 0 Å². The molecule has 0 radical (unpaired) electrons. The normalized spacial score (nSPS) is 22.8. The van der Waals surface area contributed by atoms with Gasteiger partial charge in [0.25, 0.3) is 0 Å². The van der Waals surface area contributed by atoms with E-state index in [0.717, 1.165) is 6.42 Å². The summed E-state index contributed by atoms with van der Waals surface area (Å²) >= 11 is 0. The van der Waals surface area contributed by atoms with Crippen molar-refractivity contribution >= 4 is 0 Å². The van der Waals surface area contributed by atoms with Crippen LogP contribution in [0.1, 0.15) is 51.0 Å². The summed E-state index contributed by atoms with van der Waals surface area (Å²) in [5, 5.41) is 3.70. The van der Waals surface area contributed by atoms with Crippen molar-refractivity contribution < 1.29 is 4.42 Å². The van der Waals surface area contributed by atoms with Crippen molar-refractivity contribution in [3.8, 4) is 0 Å². The summed E-state index contributed by atoms with van der Waals surface area (Å²) in [4.78, 5) is 0. The van der Waals surface area contributed by atoms with E-state index in [1.807, 2.05) is 6.26 Å². The van der Waals surface area contributed by atoms with Gasteiger partial charge in [-0.15, -0.1) is 0 Å². The highest BCUT2D eigenvalue weighted by Gasteiger charge is 2.24. The van der Waals surface area contributed by atoms with Crippen LogP contribution < -0.4 is 5.32 Å². The van der Waals surface area contributed by atoms with E-state index in [4.69, 9.17) is 4.42 Å². The number of hydrogen-bond acceptors (Lipinski definition) is 2. The lowest BCUT2D eigenvalue weighted by atomic mass is 9.92. The van der Waals surface area contributed by atoms with Crippen molar-refractivity contribution in [2.45, 2.75) is 52.1 Å². The molecule has 0 bridgehead atoms. The van der Waals surface area contributed by atoms with Gasteiger partial charge in [0.15, 0.2) is 0 Å². The summed E-state index contributed by atoms with van der Waals surface area (Å²) < 4.78 is 5.49. The highest BCUT2D eigenvalue weighted by molar-refractivity contribution is 5.24. The third-order valence-electron chi connectivity index (χ3n) is 3.52. The number of fused-ring (bicyclic) bond motifs is 1. The van der Waals surface area contributed by atoms with E-state index in [9.17, 15) is 0 Å². The van der Waals surface area contributed by atoms with E-state index >= 15 is 0 Å². The van der Waals surface area contributed by atoms with E-state index in [0.29, 0.717) is 18.0 Å². The Balaban J connectivity index is 2.06. The van der Waals surface area contributed by atoms with E-state index < -0.39 is 0 Å². The highest BCUT2D eigenvalue weighted by atomic mass is 16.3. The fourth-order valence-corrected chi connectivity index (χ4v) is 2.17. The van der Waals surface area contributed by atoms with Gasteiger partial charge in [0, 0.05) is 24.1 Å². The molecule has 0 unspecified atom stereocenters. The zero-order valence-electron chi connectivity index (χ0n) is 9.92. The van der Waals surface area contributed by atoms with Gasteiger partial charge in [0.05, 0.1) is 6.26 Å². The second-order valence-corrected chi connectivity index (χ2v) is 4.94. The van der Waals surface area contributed by atoms with E-state index in [1.165, 1.54) is 24.2 Å². The van der Waals surface area contributed by atoms with Crippen LogP contribution in [0.4, 0.5) is 0 Å². The van der Waals surface area contributed by atoms with Gasteiger partial charge in [0.1, 0.15) is 5.76 Å². The molecule has 1 N–H and O–H groups in total. The Hall–Kier alpha value is -0.760. The van der Waals surface area contributed by atoms with Crippen LogP contribution in [0.5, 0.6) is 0 Å². The Morgan fingerprint density at radius 1 is 1.40 bits per heavy atom. The first-order chi connectivity index (χ1) is 7.18. The van der Waals surface area contributed by atoms with Gasteiger partial charge in [-0.3, -0.25) is 0 Å². The number of hydrogen-bond donors (Lipinski definition) is 1. The first-order valence-electron chi connectivity index (χ1n) is 6.01. The Labute approximate surface area is 92.1 Å². The Morgan fingerprint density at radius 3 is 2.93 bits per heavy atom. The first-order valence-corrected chi connectivity index (χ1v) is 6.01. The lowest BCUT2D eigenvalue weighted by molar-refractivity contribution is 0.339. The molecule has 0 amide bonds. The van der Waals surface area contributed by atoms with Crippen molar-refractivity contribution in [1.29, 1.82) is 0 Å². The molecule has 0 saturated heterocycles. The van der Waals surface area contributed by atoms with Crippen LogP contribution in [0.3, 0.4) is 0 Å². The average molecular weight is 207 g/mol. The van der Waals surface area contributed by atoms with E-state index in [2.05, 4.69) is 32.2 Å². The fourth-order valence-electron chi connectivity index (χ4n) is 2.17. The summed E-state index contributed by atoms with van der Waals surface area (Å²) in [5.74, 6) is 1.87. The Kier molecular flexibility index (Phi) is 3.15. The molecule has 0 fully saturated rings. The fraction of sp³-hybridized carbons (Fsp3) is 0.692. The first kappa shape index (κ1) is 10.7. The van der Waals surface area contributed by atoms with Crippen LogP contribution in [-0.4, -0.2) is 6.04 Å². The molecule has 84 valence electrons. The molecule has 2 heteroatoms. The molecular formula is C13H21NO. The van der Waals surface area contributed by atoms with Gasteiger partial charge in [-0.2, -0.15) is 0 Å². The van der Waals surface area contributed by atoms with Crippen LogP contribution in [0.15, 0.2) is 16.7 Å². The van der Waals surface area contributed by atoms with Crippen molar-refractivity contribution in [1.82, 2.24) is 5.32 Å². The molecular weight excluding hydrogens is 186 g/mol. The largest absolute Gasteiger partial charge is 0.469 e. The highest BCUT2D eigenvalue weighted by Crippen LogP contribution is 2.31. The molecule has 0 aliphatic heterocycles. The Bertz CT molecular complexity index is 316. The van der Waals surface area contributed by atoms with Gasteiger partial charge < -0.3 is 9.73 Å². The predicted octanol–water partition coefficient (Wildman–Crippen LogP) is 3.29. The summed E-state index contributed by atoms with van der Waals surface area (Å²) in [7, 11) is 0. The van der Waals surface area contributed by atoms with Crippen LogP contribution in [0.25, 0.3) is 0 Å². The van der Waals surface area contributed by atoms with Crippen molar-refractivity contribution in [2.75, 3.05) is 0 Å². The molecule has 0 saturated carbocycles. The standard InChI is InChI=1S/C13H21NO/c1-9(2)10(3)14-12-5-4-6-13-11(12)7-8-15-13/h7-10,12,14H,4-6H2,1-3H3/t10-,12+/m1/s1. The van der Waals surface area contributed by atoms with Gasteiger partial charge in [-0.1, -0.05) is 13.8 Å². The summed E-state index contributed by atoms with van der Waals surface area (Å²) in [5.41, 5.74) is 1.38. The number of furan rings is 1. The second kappa shape index (κ2) is 4.40. The third kappa shape index (κ3) is 2.25. The van der Waals surface area contributed by atoms with Crippen LogP contribution in [0.2, 0.25) is 0 Å². The minimum Gasteiger partial charge on any atom is -0.469 e. The van der Waals surface area contributed by atoms with Crippen LogP contribution >= 0.6 is 0 Å². The summed E-state index contributed by atoms with van der Waals surface area (Å²) in [6, 6.07) is 3.19. The maximum Gasteiger partial charge on any atom is 0.108 e. The van der Waals surface area contributed by atoms with Gasteiger partial charge in [-0.25, -0.2) is 0 Å². The molecule has 0 spiro atoms. The van der Waals surface area contributed by atoms with Crippen molar-refractivity contribution in [2.24, 2.45) is 5.92 Å². The average Bonchev–Trinajstić information content (AvgIpc) is 2.66. The smallest absolute Gasteiger partial charge is 0.108 e. The zero-order chi connectivity index (χ0) is 10.8. The number of nitrogens with one attached hydrogen (secondary N) is 1.